The molecule has 5 nitrogen and oxygen atoms in total. The van der Waals surface area contributed by atoms with E-state index in [-0.39, 0.29) is 11.3 Å². The number of nitrogens with one attached hydrogen (secondary N) is 1. The Balaban J connectivity index is 1.84. The number of halogens is 1. The van der Waals surface area contributed by atoms with Gasteiger partial charge in [0, 0.05) is 25.5 Å². The highest BCUT2D eigenvalue weighted by Gasteiger charge is 2.15. The zero-order chi connectivity index (χ0) is 13.7. The third kappa shape index (κ3) is 3.31. The summed E-state index contributed by atoms with van der Waals surface area (Å²) >= 11 is 0. The van der Waals surface area contributed by atoms with Crippen LogP contribution >= 0.6 is 0 Å². The number of carbonyl (C=O) groups excluding carboxylic acids is 1. The molecule has 0 aliphatic carbocycles. The number of phenolic OH excluding ortho intramolecular Hbond substituents is 1. The topological polar surface area (TPSA) is 67.2 Å². The fourth-order valence-corrected chi connectivity index (χ4v) is 1.70. The minimum atomic E-state index is -0.732. The first-order valence-corrected chi connectivity index (χ1v) is 5.91. The molecule has 0 aliphatic rings. The molecule has 1 heterocycles. The maximum Gasteiger partial charge on any atom is 0.258 e. The molecule has 0 atom stereocenters. The molecule has 0 saturated heterocycles. The van der Waals surface area contributed by atoms with Crippen molar-refractivity contribution in [2.75, 3.05) is 6.54 Å². The molecule has 6 heteroatoms. The number of aryl methyl sites for hydroxylation is 1. The van der Waals surface area contributed by atoms with Crippen LogP contribution in [0.3, 0.4) is 0 Å². The predicted molar refractivity (Wildman–Crippen MR) is 67.2 cm³/mol. The number of hydrogen-bond donors (Lipinski definition) is 2. The van der Waals surface area contributed by atoms with Crippen molar-refractivity contribution in [1.29, 1.82) is 0 Å². The average molecular weight is 263 g/mol. The Morgan fingerprint density at radius 1 is 1.42 bits per heavy atom. The first kappa shape index (κ1) is 13.1. The van der Waals surface area contributed by atoms with E-state index < -0.39 is 11.7 Å². The maximum absolute atomic E-state index is 13.4. The normalized spacial score (nSPS) is 10.4. The van der Waals surface area contributed by atoms with E-state index >= 15 is 0 Å². The van der Waals surface area contributed by atoms with Crippen molar-refractivity contribution in [3.05, 3.63) is 48.0 Å². The second-order valence-electron chi connectivity index (χ2n) is 4.01. The van der Waals surface area contributed by atoms with Crippen LogP contribution in [0.1, 0.15) is 16.8 Å². The second kappa shape index (κ2) is 5.99. The number of benzene rings is 1. The molecule has 0 fully saturated rings. The Hall–Kier alpha value is -2.37. The predicted octanol–water partition coefficient (Wildman–Crippen LogP) is 1.55. The molecule has 2 N–H and O–H groups in total. The van der Waals surface area contributed by atoms with Gasteiger partial charge in [0.1, 0.15) is 17.1 Å². The smallest absolute Gasteiger partial charge is 0.258 e. The van der Waals surface area contributed by atoms with Crippen molar-refractivity contribution in [2.24, 2.45) is 0 Å². The summed E-state index contributed by atoms with van der Waals surface area (Å²) in [6, 6.07) is 5.58. The summed E-state index contributed by atoms with van der Waals surface area (Å²) in [6.45, 7) is 1.04. The van der Waals surface area contributed by atoms with Crippen LogP contribution in [0.2, 0.25) is 0 Å². The van der Waals surface area contributed by atoms with E-state index in [1.165, 1.54) is 12.1 Å². The Bertz CT molecular complexity index is 535. The lowest BCUT2D eigenvalue weighted by Crippen LogP contribution is -2.26. The molecule has 19 heavy (non-hydrogen) atoms. The first-order chi connectivity index (χ1) is 9.18. The van der Waals surface area contributed by atoms with Gasteiger partial charge in [-0.3, -0.25) is 9.48 Å². The minimum absolute atomic E-state index is 0.318. The Morgan fingerprint density at radius 3 is 2.95 bits per heavy atom. The summed E-state index contributed by atoms with van der Waals surface area (Å²) in [5.41, 5.74) is -0.318. The van der Waals surface area contributed by atoms with Crippen LogP contribution in [0.15, 0.2) is 36.7 Å². The van der Waals surface area contributed by atoms with Crippen LogP contribution in [-0.2, 0) is 6.54 Å². The highest BCUT2D eigenvalue weighted by molar-refractivity contribution is 5.97. The first-order valence-electron chi connectivity index (χ1n) is 5.91. The van der Waals surface area contributed by atoms with Crippen molar-refractivity contribution < 1.29 is 14.3 Å². The lowest BCUT2D eigenvalue weighted by molar-refractivity contribution is 0.0945. The molecular weight excluding hydrogens is 249 g/mol. The van der Waals surface area contributed by atoms with Crippen molar-refractivity contribution in [3.8, 4) is 5.75 Å². The highest BCUT2D eigenvalue weighted by Crippen LogP contribution is 2.19. The summed E-state index contributed by atoms with van der Waals surface area (Å²) < 4.78 is 15.1. The van der Waals surface area contributed by atoms with Crippen LogP contribution in [0, 0.1) is 5.82 Å². The van der Waals surface area contributed by atoms with Crippen molar-refractivity contribution in [2.45, 2.75) is 13.0 Å². The van der Waals surface area contributed by atoms with E-state index in [4.69, 9.17) is 0 Å². The summed E-state index contributed by atoms with van der Waals surface area (Å²) in [5, 5.41) is 16.0. The molecule has 0 radical (unpaired) electrons. The van der Waals surface area contributed by atoms with E-state index in [1.54, 1.807) is 10.9 Å². The van der Waals surface area contributed by atoms with Gasteiger partial charge in [0.2, 0.25) is 0 Å². The molecule has 0 saturated carbocycles. The number of aromatic hydroxyl groups is 1. The van der Waals surface area contributed by atoms with Gasteiger partial charge in [-0.1, -0.05) is 6.07 Å². The van der Waals surface area contributed by atoms with Crippen LogP contribution in [0.4, 0.5) is 4.39 Å². The molecular formula is C13H14FN3O2. The van der Waals surface area contributed by atoms with Gasteiger partial charge in [-0.15, -0.1) is 0 Å². The number of hydrogen-bond acceptors (Lipinski definition) is 3. The minimum Gasteiger partial charge on any atom is -0.507 e. The lowest BCUT2D eigenvalue weighted by Gasteiger charge is -2.07. The molecule has 1 amide bonds. The van der Waals surface area contributed by atoms with Gasteiger partial charge in [-0.05, 0) is 24.6 Å². The molecule has 100 valence electrons. The van der Waals surface area contributed by atoms with Gasteiger partial charge in [0.15, 0.2) is 0 Å². The number of amides is 1. The van der Waals surface area contributed by atoms with Crippen LogP contribution < -0.4 is 5.32 Å². The molecule has 0 unspecified atom stereocenters. The van der Waals surface area contributed by atoms with Crippen LogP contribution in [-0.4, -0.2) is 27.3 Å². The number of nitrogens with zero attached hydrogens (tertiary/aromatic N) is 2. The van der Waals surface area contributed by atoms with E-state index in [0.717, 1.165) is 6.07 Å². The third-order valence-corrected chi connectivity index (χ3v) is 2.63. The van der Waals surface area contributed by atoms with Gasteiger partial charge in [-0.25, -0.2) is 4.39 Å². The fourth-order valence-electron chi connectivity index (χ4n) is 1.70. The Labute approximate surface area is 109 Å². The second-order valence-corrected chi connectivity index (χ2v) is 4.01. The average Bonchev–Trinajstić information content (AvgIpc) is 2.87. The maximum atomic E-state index is 13.4. The standard InChI is InChI=1S/C13H14FN3O2/c14-10-4-1-5-11(18)12(10)13(19)15-6-2-8-17-9-3-7-16-17/h1,3-5,7,9,18H,2,6,8H2,(H,15,19). The Kier molecular flexibility index (Phi) is 4.12. The Morgan fingerprint density at radius 2 is 2.26 bits per heavy atom. The summed E-state index contributed by atoms with van der Waals surface area (Å²) in [5.74, 6) is -1.70. The van der Waals surface area contributed by atoms with Crippen molar-refractivity contribution in [1.82, 2.24) is 15.1 Å². The van der Waals surface area contributed by atoms with Gasteiger partial charge in [-0.2, -0.15) is 5.10 Å². The number of phenols is 1. The monoisotopic (exact) mass is 263 g/mol. The molecule has 2 rings (SSSR count). The largest absolute Gasteiger partial charge is 0.507 e. The number of aromatic nitrogens is 2. The highest BCUT2D eigenvalue weighted by atomic mass is 19.1. The number of carbonyl (C=O) groups is 1. The molecule has 0 aliphatic heterocycles. The van der Waals surface area contributed by atoms with Gasteiger partial charge < -0.3 is 10.4 Å². The van der Waals surface area contributed by atoms with E-state index in [0.29, 0.717) is 19.5 Å². The van der Waals surface area contributed by atoms with E-state index in [2.05, 4.69) is 10.4 Å². The molecule has 1 aromatic carbocycles. The van der Waals surface area contributed by atoms with Gasteiger partial charge >= 0.3 is 0 Å². The van der Waals surface area contributed by atoms with Crippen LogP contribution in [0.25, 0.3) is 0 Å². The SMILES string of the molecule is O=C(NCCCn1cccn1)c1c(O)cccc1F. The van der Waals surface area contributed by atoms with E-state index in [1.807, 2.05) is 12.3 Å². The summed E-state index contributed by atoms with van der Waals surface area (Å²) in [6.07, 6.45) is 4.17. The quantitative estimate of drug-likeness (QED) is 0.804. The van der Waals surface area contributed by atoms with Gasteiger partial charge in [0.05, 0.1) is 0 Å². The summed E-state index contributed by atoms with van der Waals surface area (Å²) in [4.78, 5) is 11.7. The molecule has 1 aromatic heterocycles. The zero-order valence-electron chi connectivity index (χ0n) is 10.2. The number of rotatable bonds is 5. The van der Waals surface area contributed by atoms with E-state index in [9.17, 15) is 14.3 Å². The van der Waals surface area contributed by atoms with Gasteiger partial charge in [0.25, 0.3) is 5.91 Å². The fraction of sp³-hybridized carbons (Fsp3) is 0.231. The van der Waals surface area contributed by atoms with Crippen molar-refractivity contribution in [3.63, 3.8) is 0 Å². The zero-order valence-corrected chi connectivity index (χ0v) is 10.2. The molecule has 0 bridgehead atoms. The van der Waals surface area contributed by atoms with Crippen molar-refractivity contribution >= 4 is 5.91 Å². The molecule has 2 aromatic rings. The molecule has 0 spiro atoms. The van der Waals surface area contributed by atoms with Crippen LogP contribution in [0.5, 0.6) is 5.75 Å². The summed E-state index contributed by atoms with van der Waals surface area (Å²) in [7, 11) is 0. The lowest BCUT2D eigenvalue weighted by atomic mass is 10.1. The third-order valence-electron chi connectivity index (χ3n) is 2.63.